The molecule has 436 valence electrons. The van der Waals surface area contributed by atoms with Crippen molar-refractivity contribution in [3.05, 3.63) is 35.9 Å². The first-order chi connectivity index (χ1) is 37.2. The molecule has 0 radical (unpaired) electrons. The van der Waals surface area contributed by atoms with E-state index < -0.39 is 158 Å². The monoisotopic (exact) mass is 1110 g/mol. The van der Waals surface area contributed by atoms with Crippen LogP contribution in [0.3, 0.4) is 0 Å². The molecule has 0 bridgehead atoms. The Kier molecular flexibility index (Phi) is 22.0. The second-order valence-corrected chi connectivity index (χ2v) is 22.0. The van der Waals surface area contributed by atoms with Gasteiger partial charge in [-0.3, -0.25) is 47.9 Å². The summed E-state index contributed by atoms with van der Waals surface area (Å²) in [6.07, 6.45) is 1.44. The van der Waals surface area contributed by atoms with Gasteiger partial charge in [-0.25, -0.2) is 9.59 Å². The Morgan fingerprint density at radius 1 is 0.633 bits per heavy atom. The van der Waals surface area contributed by atoms with Gasteiger partial charge >= 0.3 is 12.2 Å². The zero-order chi connectivity index (χ0) is 58.4. The Hall–Kier alpha value is -7.54. The van der Waals surface area contributed by atoms with E-state index in [1.54, 1.807) is 65.0 Å². The number of hydrogen-bond acceptors (Lipinski definition) is 14. The molecule has 6 N–H and O–H groups in total. The normalized spacial score (nSPS) is 24.7. The number of hydrogen-bond donors (Lipinski definition) is 6. The van der Waals surface area contributed by atoms with Crippen molar-refractivity contribution in [3.8, 4) is 0 Å². The van der Waals surface area contributed by atoms with Crippen LogP contribution in [-0.2, 0) is 64.0 Å². The van der Waals surface area contributed by atoms with E-state index in [-0.39, 0.29) is 45.4 Å². The molecule has 0 unspecified atom stereocenters. The number of nitrogens with zero attached hydrogens (tertiary/aromatic N) is 6. The van der Waals surface area contributed by atoms with Gasteiger partial charge in [0.1, 0.15) is 48.0 Å². The van der Waals surface area contributed by atoms with Crippen LogP contribution in [0.4, 0.5) is 9.59 Å². The van der Waals surface area contributed by atoms with Crippen molar-refractivity contribution in [1.29, 1.82) is 0 Å². The first-order valence-corrected chi connectivity index (χ1v) is 26.9. The molecule has 26 heteroatoms. The number of fused-ring (bicyclic) bond motifs is 2. The first-order valence-electron chi connectivity index (χ1n) is 26.9. The summed E-state index contributed by atoms with van der Waals surface area (Å²) >= 11 is 0. The summed E-state index contributed by atoms with van der Waals surface area (Å²) in [5.41, 5.74) is -1.73. The number of piperidine rings is 2. The van der Waals surface area contributed by atoms with Crippen molar-refractivity contribution in [2.45, 2.75) is 140 Å². The summed E-state index contributed by atoms with van der Waals surface area (Å²) in [4.78, 5) is 173. The Balaban J connectivity index is 1.43. The van der Waals surface area contributed by atoms with Crippen LogP contribution in [0.1, 0.15) is 98.0 Å². The van der Waals surface area contributed by atoms with Gasteiger partial charge in [0.05, 0.1) is 26.2 Å². The number of amides is 12. The molecule has 1 aliphatic carbocycles. The molecule has 12 amide bonds. The average molecular weight is 1110 g/mol. The van der Waals surface area contributed by atoms with Crippen molar-refractivity contribution < 1.29 is 67.0 Å². The molecule has 79 heavy (non-hydrogen) atoms. The second kappa shape index (κ2) is 27.9. The average Bonchev–Trinajstić information content (AvgIpc) is 3.44. The van der Waals surface area contributed by atoms with Gasteiger partial charge in [0.2, 0.25) is 59.1 Å². The maximum Gasteiger partial charge on any atom is 0.408 e. The predicted octanol–water partition coefficient (Wildman–Crippen LogP) is -0.804. The highest BCUT2D eigenvalue weighted by molar-refractivity contribution is 5.98. The van der Waals surface area contributed by atoms with E-state index >= 15 is 0 Å². The standard InChI is InChI=1S/C53H80N12O14/c1-33(2)43-46(72)54-26-35(59-51(77)79-52(3,4)5)47(73)64-24-15-13-20-37(64)44(70)56-29-40(67)61(7)31-42(69)63(9)53(22-17-23-53)49(75)57-27-36(58-50(76)78-32-34-18-11-10-12-19-34)48(74)65-25-16-14-21-38(65)45(71)55-28-39(66)60(6)30-41(68)62(43)8/h10-12,18-19,33,35-38,43H,13-17,20-32H2,1-9H3,(H,54,72)(H,55,71)(H,56,70)(H,57,75)(H,58,76)(H,59,77)/t35-,36-,37+,38+,43+/m1/s1. The van der Waals surface area contributed by atoms with Crippen LogP contribution >= 0.6 is 0 Å². The van der Waals surface area contributed by atoms with E-state index in [4.69, 9.17) is 9.47 Å². The molecule has 3 aliphatic heterocycles. The molecular formula is C53H80N12O14. The van der Waals surface area contributed by atoms with Crippen molar-refractivity contribution in [2.24, 2.45) is 5.92 Å². The zero-order valence-corrected chi connectivity index (χ0v) is 47.0. The molecule has 0 aromatic heterocycles. The molecule has 5 rings (SSSR count). The van der Waals surface area contributed by atoms with Crippen LogP contribution in [0.2, 0.25) is 0 Å². The Morgan fingerprint density at radius 3 is 1.61 bits per heavy atom. The lowest BCUT2D eigenvalue weighted by atomic mass is 9.74. The number of likely N-dealkylation sites (N-methyl/N-ethyl adjacent to an activating group) is 4. The van der Waals surface area contributed by atoms with E-state index in [1.807, 2.05) is 0 Å². The number of rotatable bonds is 5. The largest absolute Gasteiger partial charge is 0.445 e. The third-order valence-electron chi connectivity index (χ3n) is 14.7. The number of nitrogens with one attached hydrogen (secondary N) is 6. The van der Waals surface area contributed by atoms with Crippen molar-refractivity contribution >= 4 is 71.3 Å². The summed E-state index contributed by atoms with van der Waals surface area (Å²) < 4.78 is 10.9. The Bertz CT molecular complexity index is 2430. The van der Waals surface area contributed by atoms with Crippen LogP contribution < -0.4 is 31.9 Å². The van der Waals surface area contributed by atoms with Crippen LogP contribution in [0.15, 0.2) is 30.3 Å². The van der Waals surface area contributed by atoms with Gasteiger partial charge in [-0.1, -0.05) is 44.2 Å². The van der Waals surface area contributed by atoms with Gasteiger partial charge in [-0.2, -0.15) is 0 Å². The van der Waals surface area contributed by atoms with E-state index in [9.17, 15) is 57.5 Å². The van der Waals surface area contributed by atoms with Gasteiger partial charge in [0, 0.05) is 54.4 Å². The Morgan fingerprint density at radius 2 is 1.13 bits per heavy atom. The quantitative estimate of drug-likeness (QED) is 0.210. The summed E-state index contributed by atoms with van der Waals surface area (Å²) in [6, 6.07) is 2.44. The number of ether oxygens (including phenoxy) is 2. The molecule has 1 saturated carbocycles. The van der Waals surface area contributed by atoms with Gasteiger partial charge in [0.15, 0.2) is 0 Å². The number of alkyl carbamates (subject to hydrolysis) is 2. The van der Waals surface area contributed by atoms with Crippen LogP contribution in [0, 0.1) is 5.92 Å². The lowest BCUT2D eigenvalue weighted by Gasteiger charge is -2.47. The molecule has 3 heterocycles. The van der Waals surface area contributed by atoms with Gasteiger partial charge < -0.3 is 70.8 Å². The molecule has 1 aromatic rings. The van der Waals surface area contributed by atoms with Crippen molar-refractivity contribution in [1.82, 2.24) is 61.3 Å². The van der Waals surface area contributed by atoms with E-state index in [0.717, 1.165) is 14.7 Å². The highest BCUT2D eigenvalue weighted by Crippen LogP contribution is 2.37. The fraction of sp³-hybridized carbons (Fsp3) is 0.660. The third-order valence-corrected chi connectivity index (χ3v) is 14.7. The summed E-state index contributed by atoms with van der Waals surface area (Å²) in [6.45, 7) is 5.06. The molecular weight excluding hydrogens is 1030 g/mol. The second-order valence-electron chi connectivity index (χ2n) is 22.0. The van der Waals surface area contributed by atoms with E-state index in [0.29, 0.717) is 37.7 Å². The molecule has 26 nitrogen and oxygen atoms in total. The lowest BCUT2D eigenvalue weighted by Crippen LogP contribution is -2.66. The number of benzene rings is 1. The smallest absolute Gasteiger partial charge is 0.408 e. The summed E-state index contributed by atoms with van der Waals surface area (Å²) in [7, 11) is 5.46. The van der Waals surface area contributed by atoms with Crippen molar-refractivity contribution in [3.63, 3.8) is 0 Å². The molecule has 1 aromatic carbocycles. The van der Waals surface area contributed by atoms with E-state index in [2.05, 4.69) is 31.9 Å². The molecule has 4 aliphatic rings. The molecule has 4 fully saturated rings. The van der Waals surface area contributed by atoms with Gasteiger partial charge in [0.25, 0.3) is 0 Å². The van der Waals surface area contributed by atoms with Crippen LogP contribution in [-0.4, -0.2) is 223 Å². The summed E-state index contributed by atoms with van der Waals surface area (Å²) in [5, 5.41) is 15.6. The SMILES string of the molecule is CC(C)[C@H]1C(=O)NC[C@@H](NC(=O)OC(C)(C)C)C(=O)N2CCCC[C@H]2C(=O)NCC(=O)N(C)CC(=O)N(C)C2(CCC2)C(=O)NC[C@@H](NC(=O)OCc2ccccc2)C(=O)N2CCCC[C@H]2C(=O)NCC(=O)N(C)CC(=O)N1C. The van der Waals surface area contributed by atoms with Gasteiger partial charge in [-0.15, -0.1) is 0 Å². The summed E-state index contributed by atoms with van der Waals surface area (Å²) in [5.74, 6) is -7.37. The fourth-order valence-corrected chi connectivity index (χ4v) is 9.94. The molecule has 5 atom stereocenters. The highest BCUT2D eigenvalue weighted by Gasteiger charge is 2.50. The maximum atomic E-state index is 14.6. The minimum atomic E-state index is -1.48. The number of carbonyl (C=O) groups is 12. The Labute approximate surface area is 461 Å². The highest BCUT2D eigenvalue weighted by atomic mass is 16.6. The topological polar surface area (TPSA) is 315 Å². The van der Waals surface area contributed by atoms with Crippen LogP contribution in [0.5, 0.6) is 0 Å². The number of carbonyl (C=O) groups excluding carboxylic acids is 12. The zero-order valence-electron chi connectivity index (χ0n) is 47.0. The predicted molar refractivity (Wildman–Crippen MR) is 283 cm³/mol. The molecule has 1 spiro atoms. The first kappa shape index (κ1) is 62.3. The lowest BCUT2D eigenvalue weighted by molar-refractivity contribution is -0.154. The van der Waals surface area contributed by atoms with Crippen molar-refractivity contribution in [2.75, 3.05) is 80.5 Å². The minimum Gasteiger partial charge on any atom is -0.445 e. The van der Waals surface area contributed by atoms with Crippen LogP contribution in [0.25, 0.3) is 0 Å². The third kappa shape index (κ3) is 16.7. The van der Waals surface area contributed by atoms with Gasteiger partial charge in [-0.05, 0) is 90.0 Å². The minimum absolute atomic E-state index is 0.0781. The fourth-order valence-electron chi connectivity index (χ4n) is 9.94. The molecule has 3 saturated heterocycles. The maximum absolute atomic E-state index is 14.6. The van der Waals surface area contributed by atoms with E-state index in [1.165, 1.54) is 42.9 Å².